The van der Waals surface area contributed by atoms with Gasteiger partial charge in [-0.15, -0.1) is 0 Å². The van der Waals surface area contributed by atoms with Crippen LogP contribution in [0.1, 0.15) is 30.5 Å². The first-order chi connectivity index (χ1) is 10.1. The van der Waals surface area contributed by atoms with Crippen LogP contribution in [0.25, 0.3) is 0 Å². The van der Waals surface area contributed by atoms with Crippen molar-refractivity contribution in [2.24, 2.45) is 0 Å². The van der Waals surface area contributed by atoms with Crippen LogP contribution >= 0.6 is 11.6 Å². The Labute approximate surface area is 128 Å². The van der Waals surface area contributed by atoms with E-state index in [-0.39, 0.29) is 5.56 Å². The van der Waals surface area contributed by atoms with E-state index in [1.54, 1.807) is 12.1 Å². The third kappa shape index (κ3) is 4.26. The molecule has 0 bridgehead atoms. The van der Waals surface area contributed by atoms with Crippen LogP contribution in [0.5, 0.6) is 0 Å². The molecule has 2 aromatic rings. The van der Waals surface area contributed by atoms with Gasteiger partial charge in [0, 0.05) is 16.6 Å². The zero-order valence-electron chi connectivity index (χ0n) is 11.9. The number of hydrogen-bond acceptors (Lipinski definition) is 1. The van der Waals surface area contributed by atoms with Crippen molar-refractivity contribution in [1.29, 1.82) is 0 Å². The zero-order valence-corrected chi connectivity index (χ0v) is 12.6. The zero-order chi connectivity index (χ0) is 15.2. The highest BCUT2D eigenvalue weighted by molar-refractivity contribution is 6.30. The summed E-state index contributed by atoms with van der Waals surface area (Å²) in [6, 6.07) is 10.9. The molecule has 0 aliphatic heterocycles. The van der Waals surface area contributed by atoms with Crippen LogP contribution < -0.4 is 5.32 Å². The van der Waals surface area contributed by atoms with E-state index in [1.165, 1.54) is 18.2 Å². The number of halogens is 3. The Morgan fingerprint density at radius 1 is 1.05 bits per heavy atom. The molecule has 21 heavy (non-hydrogen) atoms. The van der Waals surface area contributed by atoms with E-state index in [2.05, 4.69) is 5.32 Å². The lowest BCUT2D eigenvalue weighted by atomic mass is 9.97. The van der Waals surface area contributed by atoms with Crippen LogP contribution in [-0.4, -0.2) is 6.54 Å². The Morgan fingerprint density at radius 3 is 2.24 bits per heavy atom. The maximum Gasteiger partial charge on any atom is 0.130 e. The second-order valence-corrected chi connectivity index (χ2v) is 5.41. The minimum Gasteiger partial charge on any atom is -0.309 e. The van der Waals surface area contributed by atoms with E-state index in [4.69, 9.17) is 11.6 Å². The fraction of sp³-hybridized carbons (Fsp3) is 0.294. The third-order valence-corrected chi connectivity index (χ3v) is 3.59. The molecule has 1 nitrogen and oxygen atoms in total. The fourth-order valence-electron chi connectivity index (χ4n) is 2.29. The highest BCUT2D eigenvalue weighted by Gasteiger charge is 2.19. The SMILES string of the molecule is CCCNC(Cc1ccc(Cl)cc1)c1c(F)cccc1F. The molecule has 1 N–H and O–H groups in total. The minimum atomic E-state index is -0.516. The predicted octanol–water partition coefficient (Wildman–Crippen LogP) is 4.90. The summed E-state index contributed by atoms with van der Waals surface area (Å²) in [6.07, 6.45) is 1.40. The molecule has 2 rings (SSSR count). The van der Waals surface area contributed by atoms with Crippen LogP contribution in [0.2, 0.25) is 5.02 Å². The van der Waals surface area contributed by atoms with Gasteiger partial charge >= 0.3 is 0 Å². The van der Waals surface area contributed by atoms with Crippen molar-refractivity contribution in [3.8, 4) is 0 Å². The number of rotatable bonds is 6. The monoisotopic (exact) mass is 309 g/mol. The smallest absolute Gasteiger partial charge is 0.130 e. The van der Waals surface area contributed by atoms with E-state index < -0.39 is 17.7 Å². The fourth-order valence-corrected chi connectivity index (χ4v) is 2.42. The number of hydrogen-bond donors (Lipinski definition) is 1. The van der Waals surface area contributed by atoms with Crippen molar-refractivity contribution in [3.05, 3.63) is 70.2 Å². The van der Waals surface area contributed by atoms with Gasteiger partial charge in [-0.25, -0.2) is 8.78 Å². The van der Waals surface area contributed by atoms with E-state index >= 15 is 0 Å². The molecule has 0 amide bonds. The highest BCUT2D eigenvalue weighted by atomic mass is 35.5. The van der Waals surface area contributed by atoms with Gasteiger partial charge in [-0.2, -0.15) is 0 Å². The molecule has 2 aromatic carbocycles. The Bertz CT molecular complexity index is 564. The molecule has 0 radical (unpaired) electrons. The summed E-state index contributed by atoms with van der Waals surface area (Å²) < 4.78 is 28.0. The molecule has 0 aliphatic carbocycles. The molecule has 0 aromatic heterocycles. The Balaban J connectivity index is 2.27. The second-order valence-electron chi connectivity index (χ2n) is 4.97. The van der Waals surface area contributed by atoms with Gasteiger partial charge in [0.05, 0.1) is 0 Å². The van der Waals surface area contributed by atoms with Gasteiger partial charge < -0.3 is 5.32 Å². The van der Waals surface area contributed by atoms with Gasteiger partial charge in [-0.3, -0.25) is 0 Å². The van der Waals surface area contributed by atoms with Gasteiger partial charge in [0.15, 0.2) is 0 Å². The van der Waals surface area contributed by atoms with Crippen LogP contribution in [0.15, 0.2) is 42.5 Å². The van der Waals surface area contributed by atoms with Crippen LogP contribution in [0.4, 0.5) is 8.78 Å². The summed E-state index contributed by atoms with van der Waals surface area (Å²) in [5, 5.41) is 3.86. The van der Waals surface area contributed by atoms with Crippen molar-refractivity contribution in [2.75, 3.05) is 6.54 Å². The predicted molar refractivity (Wildman–Crippen MR) is 82.5 cm³/mol. The topological polar surface area (TPSA) is 12.0 Å². The average Bonchev–Trinajstić information content (AvgIpc) is 2.46. The molecular formula is C17H18ClF2N. The highest BCUT2D eigenvalue weighted by Crippen LogP contribution is 2.25. The molecule has 0 saturated carbocycles. The van der Waals surface area contributed by atoms with Gasteiger partial charge in [-0.1, -0.05) is 36.7 Å². The molecule has 4 heteroatoms. The Kier molecular flexibility index (Phi) is 5.71. The van der Waals surface area contributed by atoms with Crippen molar-refractivity contribution >= 4 is 11.6 Å². The van der Waals surface area contributed by atoms with Crippen LogP contribution in [0, 0.1) is 11.6 Å². The first-order valence-electron chi connectivity index (χ1n) is 7.03. The van der Waals surface area contributed by atoms with Crippen LogP contribution in [0.3, 0.4) is 0 Å². The summed E-state index contributed by atoms with van der Waals surface area (Å²) >= 11 is 5.86. The molecule has 112 valence electrons. The molecule has 1 unspecified atom stereocenters. The van der Waals surface area contributed by atoms with E-state index in [0.29, 0.717) is 18.0 Å². The van der Waals surface area contributed by atoms with E-state index in [9.17, 15) is 8.78 Å². The standard InChI is InChI=1S/C17H18ClF2N/c1-2-10-21-16(11-12-6-8-13(18)9-7-12)17-14(19)4-3-5-15(17)20/h3-9,16,21H,2,10-11H2,1H3. The second kappa shape index (κ2) is 7.53. The molecule has 0 spiro atoms. The lowest BCUT2D eigenvalue weighted by Crippen LogP contribution is -2.26. The lowest BCUT2D eigenvalue weighted by molar-refractivity contribution is 0.464. The van der Waals surface area contributed by atoms with Crippen molar-refractivity contribution in [1.82, 2.24) is 5.32 Å². The van der Waals surface area contributed by atoms with Gasteiger partial charge in [-0.05, 0) is 49.2 Å². The largest absolute Gasteiger partial charge is 0.309 e. The molecular weight excluding hydrogens is 292 g/mol. The minimum absolute atomic E-state index is 0.0981. The Hall–Kier alpha value is -1.45. The maximum absolute atomic E-state index is 14.0. The Morgan fingerprint density at radius 2 is 1.67 bits per heavy atom. The van der Waals surface area contributed by atoms with E-state index in [0.717, 1.165) is 12.0 Å². The van der Waals surface area contributed by atoms with Crippen molar-refractivity contribution in [2.45, 2.75) is 25.8 Å². The lowest BCUT2D eigenvalue weighted by Gasteiger charge is -2.20. The summed E-state index contributed by atoms with van der Waals surface area (Å²) in [5.74, 6) is -1.03. The van der Waals surface area contributed by atoms with Crippen LogP contribution in [-0.2, 0) is 6.42 Å². The molecule has 1 atom stereocenters. The van der Waals surface area contributed by atoms with E-state index in [1.807, 2.05) is 19.1 Å². The summed E-state index contributed by atoms with van der Waals surface area (Å²) in [5.41, 5.74) is 1.08. The van der Waals surface area contributed by atoms with Gasteiger partial charge in [0.2, 0.25) is 0 Å². The summed E-state index contributed by atoms with van der Waals surface area (Å²) in [6.45, 7) is 2.72. The summed E-state index contributed by atoms with van der Waals surface area (Å²) in [4.78, 5) is 0. The quantitative estimate of drug-likeness (QED) is 0.800. The average molecular weight is 310 g/mol. The maximum atomic E-state index is 14.0. The molecule has 0 aliphatic rings. The number of benzene rings is 2. The number of nitrogens with one attached hydrogen (secondary N) is 1. The third-order valence-electron chi connectivity index (χ3n) is 3.34. The van der Waals surface area contributed by atoms with Gasteiger partial charge in [0.25, 0.3) is 0 Å². The summed E-state index contributed by atoms with van der Waals surface area (Å²) in [7, 11) is 0. The molecule has 0 heterocycles. The first kappa shape index (κ1) is 15.9. The van der Waals surface area contributed by atoms with Crippen molar-refractivity contribution < 1.29 is 8.78 Å². The molecule has 0 saturated heterocycles. The van der Waals surface area contributed by atoms with Crippen molar-refractivity contribution in [3.63, 3.8) is 0 Å². The first-order valence-corrected chi connectivity index (χ1v) is 7.41. The van der Waals surface area contributed by atoms with Gasteiger partial charge in [0.1, 0.15) is 11.6 Å². The molecule has 0 fully saturated rings. The normalized spacial score (nSPS) is 12.4.